The number of nitrogens with zero attached hydrogens (tertiary/aromatic N) is 4. The number of aromatic carboxylic acids is 1. The fraction of sp³-hybridized carbons (Fsp3) is 0.194. The van der Waals surface area contributed by atoms with Crippen LogP contribution in [0.4, 0.5) is 0 Å². The van der Waals surface area contributed by atoms with E-state index in [2.05, 4.69) is 29.9 Å². The number of esters is 2. The Morgan fingerprint density at radius 3 is 1.44 bits per heavy atom. The van der Waals surface area contributed by atoms with Crippen molar-refractivity contribution in [2.45, 2.75) is 77.0 Å². The number of carboxylic acid groups (broad SMARTS) is 1. The second kappa shape index (κ2) is 30.3. The maximum atomic E-state index is 13.2. The lowest BCUT2D eigenvalue weighted by Gasteiger charge is -2.21. The summed E-state index contributed by atoms with van der Waals surface area (Å²) in [6.45, 7) is 2.27. The number of aromatic amines is 2. The molecule has 0 saturated heterocycles. The van der Waals surface area contributed by atoms with E-state index in [4.69, 9.17) is 56.8 Å². The van der Waals surface area contributed by atoms with Crippen molar-refractivity contribution in [1.29, 1.82) is 0 Å². The largest absolute Gasteiger partial charge is 0.519 e. The third-order valence-corrected chi connectivity index (χ3v) is 13.6. The van der Waals surface area contributed by atoms with Crippen molar-refractivity contribution in [2.24, 2.45) is 5.73 Å². The minimum Gasteiger partial charge on any atom is -0.477 e. The lowest BCUT2D eigenvalue weighted by atomic mass is 9.97. The molecule has 0 aliphatic carbocycles. The highest BCUT2D eigenvalue weighted by atomic mass is 35.5. The molecule has 6 heterocycles. The lowest BCUT2D eigenvalue weighted by molar-refractivity contribution is -0.156. The van der Waals surface area contributed by atoms with Crippen LogP contribution in [0.1, 0.15) is 68.0 Å². The predicted molar refractivity (Wildman–Crippen MR) is 321 cm³/mol. The van der Waals surface area contributed by atoms with Crippen LogP contribution in [0.2, 0.25) is 10.0 Å². The van der Waals surface area contributed by atoms with E-state index in [1.165, 1.54) is 26.2 Å². The van der Waals surface area contributed by atoms with Gasteiger partial charge in [0.2, 0.25) is 0 Å². The smallest absolute Gasteiger partial charge is 0.477 e. The number of aliphatic hydroxyl groups excluding tert-OH is 2. The predicted octanol–water partition coefficient (Wildman–Crippen LogP) is 7.06. The van der Waals surface area contributed by atoms with Crippen LogP contribution in [0.25, 0.3) is 33.9 Å². The Morgan fingerprint density at radius 2 is 1.02 bits per heavy atom. The van der Waals surface area contributed by atoms with E-state index in [9.17, 15) is 48.6 Å². The highest BCUT2D eigenvalue weighted by molar-refractivity contribution is 6.31. The fourth-order valence-corrected chi connectivity index (χ4v) is 9.07. The van der Waals surface area contributed by atoms with Gasteiger partial charge in [-0.25, -0.2) is 43.3 Å². The SMILES string of the molecule is Cc1oc(=O)oc1COC(=O)[C@H](O)C[C@@H](Cc1ccc(-c2cccc(Cl)c2)cc1)NC(=O)c1cc(=O)n(-c2ccccn2)[nH]1.Cc1oc(=O)oc1COC(=O)[C@H](O)C[C@H](N)Cc1ccc(-c2cccc(Cl)c2)cc1.O=C(O)c1cc(=O)n(-c2ccccn2)[nH]1. The van der Waals surface area contributed by atoms with Crippen LogP contribution in [0.5, 0.6) is 0 Å². The molecule has 0 fully saturated rings. The first kappa shape index (κ1) is 64.6. The molecule has 0 spiro atoms. The van der Waals surface area contributed by atoms with Gasteiger partial charge in [-0.1, -0.05) is 108 Å². The van der Waals surface area contributed by atoms with Gasteiger partial charge in [0.15, 0.2) is 60.1 Å². The molecule has 27 heteroatoms. The number of nitrogens with one attached hydrogen (secondary N) is 3. The number of benzene rings is 4. The van der Waals surface area contributed by atoms with Gasteiger partial charge in [-0.05, 0) is 115 Å². The van der Waals surface area contributed by atoms with E-state index in [0.717, 1.165) is 54.9 Å². The van der Waals surface area contributed by atoms with Gasteiger partial charge in [0.05, 0.1) is 0 Å². The van der Waals surface area contributed by atoms with Gasteiger partial charge in [-0.2, -0.15) is 0 Å². The normalized spacial score (nSPS) is 12.3. The molecule has 1 amide bonds. The average Bonchev–Trinajstić information content (AvgIpc) is 2.47. The van der Waals surface area contributed by atoms with Crippen molar-refractivity contribution in [2.75, 3.05) is 0 Å². The first-order valence-corrected chi connectivity index (χ1v) is 27.8. The average molecular weight is 1260 g/mol. The molecule has 4 atom stereocenters. The molecule has 0 radical (unpaired) electrons. The lowest BCUT2D eigenvalue weighted by Crippen LogP contribution is -2.41. The van der Waals surface area contributed by atoms with Crippen LogP contribution in [-0.4, -0.2) is 93.0 Å². The number of ether oxygens (including phenoxy) is 2. The third-order valence-electron chi connectivity index (χ3n) is 13.2. The number of halogens is 2. The van der Waals surface area contributed by atoms with Gasteiger partial charge in [-0.15, -0.1) is 0 Å². The summed E-state index contributed by atoms with van der Waals surface area (Å²) >= 11 is 12.2. The molecule has 10 aromatic rings. The number of carbonyl (C=O) groups excluding carboxylic acids is 3. The number of hydrogen-bond acceptors (Lipinski definition) is 19. The van der Waals surface area contributed by atoms with Gasteiger partial charge < -0.3 is 53.5 Å². The summed E-state index contributed by atoms with van der Waals surface area (Å²) < 4.78 is 31.2. The summed E-state index contributed by atoms with van der Waals surface area (Å²) in [4.78, 5) is 103. The number of carboxylic acids is 1. The Labute approximate surface area is 513 Å². The molecular formula is C62H56Cl2N8O17. The molecule has 0 unspecified atom stereocenters. The quantitative estimate of drug-likeness (QED) is 0.0354. The van der Waals surface area contributed by atoms with Gasteiger partial charge in [0.25, 0.3) is 17.0 Å². The summed E-state index contributed by atoms with van der Waals surface area (Å²) in [5.74, 6) is -4.30. The number of aromatic nitrogens is 6. The van der Waals surface area contributed by atoms with E-state index in [1.54, 1.807) is 42.5 Å². The van der Waals surface area contributed by atoms with Crippen LogP contribution in [0, 0.1) is 13.8 Å². The summed E-state index contributed by atoms with van der Waals surface area (Å²) in [6, 6.07) is 41.3. The van der Waals surface area contributed by atoms with Crippen molar-refractivity contribution in [3.63, 3.8) is 0 Å². The van der Waals surface area contributed by atoms with Gasteiger partial charge >= 0.3 is 29.6 Å². The van der Waals surface area contributed by atoms with Gasteiger partial charge in [0, 0.05) is 53.1 Å². The van der Waals surface area contributed by atoms with Crippen molar-refractivity contribution < 1.29 is 61.6 Å². The highest BCUT2D eigenvalue weighted by Crippen LogP contribution is 2.26. The number of carbonyl (C=O) groups is 4. The van der Waals surface area contributed by atoms with Crippen molar-refractivity contribution in [1.82, 2.24) is 34.8 Å². The molecule has 460 valence electrons. The minimum absolute atomic E-state index is 0.0153. The number of aliphatic hydroxyl groups is 2. The summed E-state index contributed by atoms with van der Waals surface area (Å²) in [5.41, 5.74) is 10.6. The Balaban J connectivity index is 0.000000195. The number of pyridine rings is 2. The van der Waals surface area contributed by atoms with Gasteiger partial charge in [0.1, 0.15) is 11.4 Å². The maximum absolute atomic E-state index is 13.2. The summed E-state index contributed by atoms with van der Waals surface area (Å²) in [6.07, 6.45) is 0.527. The van der Waals surface area contributed by atoms with Crippen molar-refractivity contribution >= 4 is 47.0 Å². The summed E-state index contributed by atoms with van der Waals surface area (Å²) in [7, 11) is 0. The molecule has 0 saturated carbocycles. The van der Waals surface area contributed by atoms with E-state index >= 15 is 0 Å². The molecule has 25 nitrogen and oxygen atoms in total. The Kier molecular flexibility index (Phi) is 22.0. The summed E-state index contributed by atoms with van der Waals surface area (Å²) in [5, 5.41) is 38.7. The molecule has 0 bridgehead atoms. The standard InChI is InChI=1S/C31H27ClN4O8.C22H22ClNO6.C9H7N3O3/c1-18-26(44-31(41)43-18)17-42-30(40)25(37)15-23(13-19-8-10-20(11-9-19)21-5-4-6-22(32)14-21)34-29(39)24-16-28(38)36(35-24)27-7-2-3-12-33-27;1-13-20(30-22(27)29-13)12-28-21(26)19(25)11-18(24)9-14-5-7-15(8-6-14)16-3-2-4-17(23)10-16;13-8-5-6(9(14)15)11-12(8)7-3-1-2-4-10-7/h2-12,14,16,23,25,35,37H,13,15,17H2,1H3,(H,34,39);2-8,10,18-19,25H,9,11-12,24H2,1H3;1-5,11H,(H,14,15)/t23-,25-;18-,19-;/m11./s1. The van der Waals surface area contributed by atoms with Crippen molar-refractivity contribution in [3.8, 4) is 33.9 Å². The second-order valence-corrected chi connectivity index (χ2v) is 20.6. The fourth-order valence-electron chi connectivity index (χ4n) is 8.69. The maximum Gasteiger partial charge on any atom is 0.519 e. The van der Waals surface area contributed by atoms with Crippen LogP contribution in [0.15, 0.2) is 195 Å². The Bertz CT molecular complexity index is 4280. The number of nitrogens with two attached hydrogens (primary N) is 1. The number of aryl methyl sites for hydroxylation is 2. The highest BCUT2D eigenvalue weighted by Gasteiger charge is 2.27. The van der Waals surface area contributed by atoms with E-state index < -0.39 is 77.5 Å². The van der Waals surface area contributed by atoms with E-state index in [1.807, 2.05) is 91.0 Å². The number of rotatable bonds is 21. The molecule has 0 aliphatic rings. The van der Waals surface area contributed by atoms with E-state index in [-0.39, 0.29) is 60.3 Å². The van der Waals surface area contributed by atoms with E-state index in [0.29, 0.717) is 28.1 Å². The molecular weight excluding hydrogens is 1200 g/mol. The number of hydrogen-bond donors (Lipinski definition) is 7. The third kappa shape index (κ3) is 18.3. The monoisotopic (exact) mass is 1250 g/mol. The Hall–Kier alpha value is -10.4. The molecule has 0 aliphatic heterocycles. The topological polar surface area (TPSA) is 374 Å². The zero-order chi connectivity index (χ0) is 63.7. The minimum atomic E-state index is -1.64. The second-order valence-electron chi connectivity index (χ2n) is 19.7. The van der Waals surface area contributed by atoms with Crippen molar-refractivity contribution in [3.05, 3.63) is 256 Å². The van der Waals surface area contributed by atoms with Crippen LogP contribution in [-0.2, 0) is 45.1 Å². The zero-order valence-electron chi connectivity index (χ0n) is 47.2. The number of H-pyrrole nitrogens is 2. The first-order valence-electron chi connectivity index (χ1n) is 27.0. The van der Waals surface area contributed by atoms with Crippen LogP contribution in [0.3, 0.4) is 0 Å². The molecule has 4 aromatic carbocycles. The molecule has 6 aromatic heterocycles. The zero-order valence-corrected chi connectivity index (χ0v) is 48.8. The first-order chi connectivity index (χ1) is 42.7. The van der Waals surface area contributed by atoms with Crippen LogP contribution < -0.4 is 33.8 Å². The van der Waals surface area contributed by atoms with Gasteiger partial charge in [-0.3, -0.25) is 24.6 Å². The molecule has 10 rings (SSSR count). The molecule has 89 heavy (non-hydrogen) atoms. The van der Waals surface area contributed by atoms with Crippen LogP contribution >= 0.6 is 23.2 Å². The number of amides is 1. The molecule has 8 N–H and O–H groups in total. The Morgan fingerprint density at radius 1 is 0.573 bits per heavy atom.